The molecule has 0 aromatic heterocycles. The van der Waals surface area contributed by atoms with Gasteiger partial charge in [-0.2, -0.15) is 0 Å². The van der Waals surface area contributed by atoms with Gasteiger partial charge in [-0.1, -0.05) is 0 Å². The SMILES string of the molecule is CO.CO.[Cl-].[Fe]. The van der Waals surface area contributed by atoms with Gasteiger partial charge >= 0.3 is 0 Å². The van der Waals surface area contributed by atoms with Gasteiger partial charge in [0.25, 0.3) is 0 Å². The maximum absolute atomic E-state index is 7.00. The molecule has 0 rings (SSSR count). The number of hydrogen-bond donors (Lipinski definition) is 2. The first-order valence-corrected chi connectivity index (χ1v) is 0.894. The van der Waals surface area contributed by atoms with E-state index in [0.717, 1.165) is 14.2 Å². The summed E-state index contributed by atoms with van der Waals surface area (Å²) in [5.74, 6) is 0. The number of rotatable bonds is 0. The number of hydrogen-bond acceptors (Lipinski definition) is 2. The van der Waals surface area contributed by atoms with Crippen LogP contribution in [-0.2, 0) is 17.1 Å². The average molecular weight is 155 g/mol. The van der Waals surface area contributed by atoms with Gasteiger partial charge in [0.15, 0.2) is 0 Å². The summed E-state index contributed by atoms with van der Waals surface area (Å²) in [4.78, 5) is 0. The Hall–Kier alpha value is 0.729. The molecule has 0 fully saturated rings. The molecule has 0 aromatic rings. The van der Waals surface area contributed by atoms with Crippen LogP contribution in [0.15, 0.2) is 0 Å². The van der Waals surface area contributed by atoms with Gasteiger partial charge < -0.3 is 22.6 Å². The fraction of sp³-hybridized carbons (Fsp3) is 1.00. The van der Waals surface area contributed by atoms with E-state index in [9.17, 15) is 0 Å². The summed E-state index contributed by atoms with van der Waals surface area (Å²) in [5.41, 5.74) is 0. The van der Waals surface area contributed by atoms with Crippen molar-refractivity contribution < 1.29 is 39.7 Å². The van der Waals surface area contributed by atoms with Gasteiger partial charge in [0.2, 0.25) is 0 Å². The Bertz CT molecular complexity index is 11.5. The van der Waals surface area contributed by atoms with E-state index in [4.69, 9.17) is 10.2 Å². The molecule has 0 spiro atoms. The zero-order valence-corrected chi connectivity index (χ0v) is 5.49. The summed E-state index contributed by atoms with van der Waals surface area (Å²) in [6.45, 7) is 0. The van der Waals surface area contributed by atoms with E-state index in [0.29, 0.717) is 0 Å². The van der Waals surface area contributed by atoms with E-state index >= 15 is 0 Å². The first-order valence-electron chi connectivity index (χ1n) is 0.894. The monoisotopic (exact) mass is 155 g/mol. The molecule has 0 saturated heterocycles. The van der Waals surface area contributed by atoms with Crippen LogP contribution in [0.5, 0.6) is 0 Å². The zero-order valence-electron chi connectivity index (χ0n) is 3.63. The van der Waals surface area contributed by atoms with Gasteiger partial charge in [-0.3, -0.25) is 0 Å². The van der Waals surface area contributed by atoms with Gasteiger partial charge in [0, 0.05) is 31.3 Å². The Morgan fingerprint density at radius 3 is 0.833 bits per heavy atom. The molecule has 0 aromatic carbocycles. The minimum absolute atomic E-state index is 0. The molecule has 0 amide bonds. The van der Waals surface area contributed by atoms with Gasteiger partial charge in [0.1, 0.15) is 0 Å². The molecular weight excluding hydrogens is 147 g/mol. The Kier molecular flexibility index (Phi) is 1190. The first kappa shape index (κ1) is 29.7. The van der Waals surface area contributed by atoms with Crippen LogP contribution >= 0.6 is 0 Å². The average Bonchev–Trinajstić information content (AvgIpc) is 1.50. The van der Waals surface area contributed by atoms with Crippen molar-refractivity contribution in [1.29, 1.82) is 0 Å². The van der Waals surface area contributed by atoms with E-state index in [2.05, 4.69) is 0 Å². The van der Waals surface area contributed by atoms with Crippen LogP contribution in [0.1, 0.15) is 0 Å². The summed E-state index contributed by atoms with van der Waals surface area (Å²) >= 11 is 0. The fourth-order valence-electron chi connectivity index (χ4n) is 0. The van der Waals surface area contributed by atoms with E-state index in [1.807, 2.05) is 0 Å². The predicted molar refractivity (Wildman–Crippen MR) is 16.3 cm³/mol. The Morgan fingerprint density at radius 2 is 0.833 bits per heavy atom. The molecule has 0 bridgehead atoms. The summed E-state index contributed by atoms with van der Waals surface area (Å²) in [6.07, 6.45) is 0. The molecule has 2 nitrogen and oxygen atoms in total. The molecule has 44 valence electrons. The number of aliphatic hydroxyl groups is 2. The Balaban J connectivity index is -0.00000000500. The summed E-state index contributed by atoms with van der Waals surface area (Å²) < 4.78 is 0. The number of aliphatic hydroxyl groups excluding tert-OH is 2. The van der Waals surface area contributed by atoms with Crippen LogP contribution in [0.4, 0.5) is 0 Å². The van der Waals surface area contributed by atoms with Gasteiger partial charge in [-0.05, 0) is 0 Å². The van der Waals surface area contributed by atoms with Gasteiger partial charge in [-0.15, -0.1) is 0 Å². The van der Waals surface area contributed by atoms with Crippen LogP contribution in [0.3, 0.4) is 0 Å². The standard InChI is InChI=1S/2CH4O.ClH.Fe/c2*1-2;;/h2*2H,1H3;1H;/p-1. The molecule has 0 aliphatic rings. The van der Waals surface area contributed by atoms with E-state index < -0.39 is 0 Å². The smallest absolute Gasteiger partial charge is 0.0319 e. The molecule has 0 aliphatic carbocycles. The molecule has 0 aliphatic heterocycles. The molecule has 0 saturated carbocycles. The second-order valence-corrected chi connectivity index (χ2v) is 0. The second kappa shape index (κ2) is 241. The second-order valence-electron chi connectivity index (χ2n) is 0. The molecule has 0 unspecified atom stereocenters. The summed E-state index contributed by atoms with van der Waals surface area (Å²) in [7, 11) is 2.00. The predicted octanol–water partition coefficient (Wildman–Crippen LogP) is -3.78. The zero-order chi connectivity index (χ0) is 4.00. The van der Waals surface area contributed by atoms with Gasteiger partial charge in [0.05, 0.1) is 0 Å². The van der Waals surface area contributed by atoms with Crippen LogP contribution in [0.25, 0.3) is 0 Å². The maximum atomic E-state index is 7.00. The van der Waals surface area contributed by atoms with Crippen molar-refractivity contribution in [3.05, 3.63) is 0 Å². The molecule has 0 atom stereocenters. The van der Waals surface area contributed by atoms with Crippen molar-refractivity contribution in [1.82, 2.24) is 0 Å². The van der Waals surface area contributed by atoms with Gasteiger partial charge in [-0.25, -0.2) is 0 Å². The minimum Gasteiger partial charge on any atom is -1.00 e. The van der Waals surface area contributed by atoms with Crippen LogP contribution in [0.2, 0.25) is 0 Å². The van der Waals surface area contributed by atoms with Crippen molar-refractivity contribution >= 4 is 0 Å². The molecular formula is C2H8ClFeO2-. The van der Waals surface area contributed by atoms with Crippen LogP contribution in [0, 0.1) is 0 Å². The molecule has 4 heteroatoms. The van der Waals surface area contributed by atoms with Crippen molar-refractivity contribution in [3.63, 3.8) is 0 Å². The minimum atomic E-state index is 0. The molecule has 2 N–H and O–H groups in total. The number of halogens is 1. The third kappa shape index (κ3) is 124. The van der Waals surface area contributed by atoms with E-state index in [1.54, 1.807) is 0 Å². The molecule has 0 radical (unpaired) electrons. The van der Waals surface area contributed by atoms with Crippen LogP contribution in [-0.4, -0.2) is 24.4 Å². The quantitative estimate of drug-likeness (QED) is 0.353. The van der Waals surface area contributed by atoms with Crippen molar-refractivity contribution in [2.45, 2.75) is 0 Å². The van der Waals surface area contributed by atoms with Crippen molar-refractivity contribution in [2.24, 2.45) is 0 Å². The fourth-order valence-corrected chi connectivity index (χ4v) is 0. The van der Waals surface area contributed by atoms with Crippen LogP contribution < -0.4 is 12.4 Å². The van der Waals surface area contributed by atoms with E-state index in [-0.39, 0.29) is 29.5 Å². The Labute approximate surface area is 54.4 Å². The first-order chi connectivity index (χ1) is 2.00. The van der Waals surface area contributed by atoms with Crippen molar-refractivity contribution in [3.8, 4) is 0 Å². The molecule has 6 heavy (non-hydrogen) atoms. The van der Waals surface area contributed by atoms with Crippen molar-refractivity contribution in [2.75, 3.05) is 14.2 Å². The topological polar surface area (TPSA) is 40.5 Å². The summed E-state index contributed by atoms with van der Waals surface area (Å²) in [5, 5.41) is 14.0. The largest absolute Gasteiger partial charge is 1.00 e. The maximum Gasteiger partial charge on any atom is 0.0319 e. The Morgan fingerprint density at radius 1 is 0.833 bits per heavy atom. The third-order valence-electron chi connectivity index (χ3n) is 0. The third-order valence-corrected chi connectivity index (χ3v) is 0. The normalized spacial score (nSPS) is 2.00. The summed E-state index contributed by atoms with van der Waals surface area (Å²) in [6, 6.07) is 0. The molecule has 0 heterocycles. The van der Waals surface area contributed by atoms with E-state index in [1.165, 1.54) is 0 Å².